The maximum Gasteiger partial charge on any atom is 0.222 e. The van der Waals surface area contributed by atoms with Crippen molar-refractivity contribution in [3.05, 3.63) is 0 Å². The molecule has 1 N–H and O–H groups in total. The summed E-state index contributed by atoms with van der Waals surface area (Å²) in [6.45, 7) is 6.13. The number of carbonyl (C=O) groups is 1. The third-order valence-corrected chi connectivity index (χ3v) is 2.99. The summed E-state index contributed by atoms with van der Waals surface area (Å²) in [4.78, 5) is 11.4. The van der Waals surface area contributed by atoms with Gasteiger partial charge < -0.3 is 5.32 Å². The Kier molecular flexibility index (Phi) is 3.76. The molecule has 2 unspecified atom stereocenters. The highest BCUT2D eigenvalue weighted by Crippen LogP contribution is 2.27. The van der Waals surface area contributed by atoms with Crippen LogP contribution in [0.3, 0.4) is 0 Å². The van der Waals surface area contributed by atoms with Crippen LogP contribution < -0.4 is 5.32 Å². The van der Waals surface area contributed by atoms with Gasteiger partial charge in [0.2, 0.25) is 5.91 Å². The fourth-order valence-electron chi connectivity index (χ4n) is 1.94. The Balaban J connectivity index is 2.28. The van der Waals surface area contributed by atoms with Crippen LogP contribution in [0.25, 0.3) is 0 Å². The van der Waals surface area contributed by atoms with Gasteiger partial charge in [0.15, 0.2) is 0 Å². The summed E-state index contributed by atoms with van der Waals surface area (Å²) in [5.41, 5.74) is 0. The van der Waals surface area contributed by atoms with E-state index in [2.05, 4.69) is 12.2 Å². The number of hydrogen-bond acceptors (Lipinski definition) is 1. The average molecular weight is 183 g/mol. The highest BCUT2D eigenvalue weighted by molar-refractivity contribution is 5.78. The molecule has 0 heterocycles. The highest BCUT2D eigenvalue weighted by Gasteiger charge is 2.24. The van der Waals surface area contributed by atoms with Crippen LogP contribution in [0, 0.1) is 11.8 Å². The molecule has 0 saturated heterocycles. The Morgan fingerprint density at radius 2 is 2.15 bits per heavy atom. The van der Waals surface area contributed by atoms with E-state index < -0.39 is 0 Å². The fourth-order valence-corrected chi connectivity index (χ4v) is 1.94. The Morgan fingerprint density at radius 1 is 1.46 bits per heavy atom. The Morgan fingerprint density at radius 3 is 2.62 bits per heavy atom. The van der Waals surface area contributed by atoms with Crippen molar-refractivity contribution in [3.8, 4) is 0 Å². The third-order valence-electron chi connectivity index (χ3n) is 2.99. The average Bonchev–Trinajstić information content (AvgIpc) is 2.52. The first-order valence-corrected chi connectivity index (χ1v) is 5.43. The van der Waals surface area contributed by atoms with Crippen LogP contribution in [0.4, 0.5) is 0 Å². The van der Waals surface area contributed by atoms with E-state index in [9.17, 15) is 4.79 Å². The molecule has 76 valence electrons. The van der Waals surface area contributed by atoms with Gasteiger partial charge in [-0.05, 0) is 25.2 Å². The van der Waals surface area contributed by atoms with Gasteiger partial charge in [0.1, 0.15) is 0 Å². The van der Waals surface area contributed by atoms with Gasteiger partial charge in [-0.15, -0.1) is 0 Å². The van der Waals surface area contributed by atoms with Crippen LogP contribution in [-0.2, 0) is 4.79 Å². The van der Waals surface area contributed by atoms with Gasteiger partial charge in [-0.2, -0.15) is 0 Å². The normalized spacial score (nSPS) is 28.0. The van der Waals surface area contributed by atoms with Crippen LogP contribution in [0.1, 0.15) is 46.5 Å². The van der Waals surface area contributed by atoms with E-state index in [4.69, 9.17) is 0 Å². The summed E-state index contributed by atoms with van der Waals surface area (Å²) >= 11 is 0. The molecular weight excluding hydrogens is 162 g/mol. The summed E-state index contributed by atoms with van der Waals surface area (Å²) in [5, 5.41) is 3.10. The predicted octanol–water partition coefficient (Wildman–Crippen LogP) is 2.34. The fraction of sp³-hybridized carbons (Fsp3) is 0.909. The van der Waals surface area contributed by atoms with Gasteiger partial charge in [-0.1, -0.05) is 27.2 Å². The second kappa shape index (κ2) is 4.64. The predicted molar refractivity (Wildman–Crippen MR) is 54.4 cm³/mol. The first-order valence-electron chi connectivity index (χ1n) is 5.43. The van der Waals surface area contributed by atoms with Crippen molar-refractivity contribution in [3.63, 3.8) is 0 Å². The van der Waals surface area contributed by atoms with Gasteiger partial charge in [0.25, 0.3) is 0 Å². The molecule has 2 nitrogen and oxygen atoms in total. The van der Waals surface area contributed by atoms with E-state index in [-0.39, 0.29) is 11.8 Å². The quantitative estimate of drug-likeness (QED) is 0.715. The highest BCUT2D eigenvalue weighted by atomic mass is 16.1. The molecular formula is C11H21NO. The second-order valence-corrected chi connectivity index (χ2v) is 4.45. The third kappa shape index (κ3) is 3.02. The first kappa shape index (κ1) is 10.6. The SMILES string of the molecule is CCC1CCC(NC(=O)C(C)C)C1. The molecule has 0 aromatic carbocycles. The zero-order valence-corrected chi connectivity index (χ0v) is 8.97. The van der Waals surface area contributed by atoms with E-state index in [0.29, 0.717) is 6.04 Å². The molecule has 1 aliphatic rings. The molecule has 2 atom stereocenters. The lowest BCUT2D eigenvalue weighted by Gasteiger charge is -2.14. The molecule has 1 saturated carbocycles. The van der Waals surface area contributed by atoms with Crippen LogP contribution in [0.5, 0.6) is 0 Å². The minimum Gasteiger partial charge on any atom is -0.353 e. The van der Waals surface area contributed by atoms with Gasteiger partial charge in [0.05, 0.1) is 0 Å². The van der Waals surface area contributed by atoms with E-state index in [1.165, 1.54) is 25.7 Å². The number of rotatable bonds is 3. The Labute approximate surface area is 81.1 Å². The van der Waals surface area contributed by atoms with Crippen molar-refractivity contribution in [1.29, 1.82) is 0 Å². The van der Waals surface area contributed by atoms with Crippen molar-refractivity contribution >= 4 is 5.91 Å². The van der Waals surface area contributed by atoms with E-state index in [1.54, 1.807) is 0 Å². The molecule has 1 rings (SSSR count). The maximum atomic E-state index is 11.4. The molecule has 0 aliphatic heterocycles. The first-order chi connectivity index (χ1) is 6.13. The number of carbonyl (C=O) groups excluding carboxylic acids is 1. The standard InChI is InChI=1S/C11H21NO/c1-4-9-5-6-10(7-9)12-11(13)8(2)3/h8-10H,4-7H2,1-3H3,(H,12,13). The van der Waals surface area contributed by atoms with Crippen molar-refractivity contribution in [2.45, 2.75) is 52.5 Å². The Hall–Kier alpha value is -0.530. The molecule has 0 spiro atoms. The van der Waals surface area contributed by atoms with Crippen LogP contribution in [-0.4, -0.2) is 11.9 Å². The molecule has 1 amide bonds. The monoisotopic (exact) mass is 183 g/mol. The largest absolute Gasteiger partial charge is 0.353 e. The molecule has 1 aliphatic carbocycles. The zero-order chi connectivity index (χ0) is 9.84. The van der Waals surface area contributed by atoms with Gasteiger partial charge >= 0.3 is 0 Å². The number of nitrogens with one attached hydrogen (secondary N) is 1. The van der Waals surface area contributed by atoms with Crippen LogP contribution in [0.15, 0.2) is 0 Å². The van der Waals surface area contributed by atoms with Crippen molar-refractivity contribution in [2.75, 3.05) is 0 Å². The summed E-state index contributed by atoms with van der Waals surface area (Å²) in [6.07, 6.45) is 4.92. The Bertz CT molecular complexity index is 177. The summed E-state index contributed by atoms with van der Waals surface area (Å²) in [6, 6.07) is 0.458. The minimum absolute atomic E-state index is 0.126. The molecule has 0 aromatic heterocycles. The van der Waals surface area contributed by atoms with Gasteiger partial charge in [0, 0.05) is 12.0 Å². The number of hydrogen-bond donors (Lipinski definition) is 1. The topological polar surface area (TPSA) is 29.1 Å². The maximum absolute atomic E-state index is 11.4. The summed E-state index contributed by atoms with van der Waals surface area (Å²) in [5.74, 6) is 1.18. The zero-order valence-electron chi connectivity index (χ0n) is 8.97. The molecule has 0 aromatic rings. The van der Waals surface area contributed by atoms with E-state index in [0.717, 1.165) is 5.92 Å². The molecule has 1 fully saturated rings. The van der Waals surface area contributed by atoms with Crippen molar-refractivity contribution in [1.82, 2.24) is 5.32 Å². The van der Waals surface area contributed by atoms with E-state index >= 15 is 0 Å². The second-order valence-electron chi connectivity index (χ2n) is 4.45. The lowest BCUT2D eigenvalue weighted by molar-refractivity contribution is -0.124. The lowest BCUT2D eigenvalue weighted by atomic mass is 10.1. The molecule has 0 bridgehead atoms. The van der Waals surface area contributed by atoms with Crippen molar-refractivity contribution in [2.24, 2.45) is 11.8 Å². The lowest BCUT2D eigenvalue weighted by Crippen LogP contribution is -2.35. The molecule has 0 radical (unpaired) electrons. The summed E-state index contributed by atoms with van der Waals surface area (Å²) < 4.78 is 0. The van der Waals surface area contributed by atoms with Crippen molar-refractivity contribution < 1.29 is 4.79 Å². The smallest absolute Gasteiger partial charge is 0.222 e. The van der Waals surface area contributed by atoms with Crippen LogP contribution in [0.2, 0.25) is 0 Å². The van der Waals surface area contributed by atoms with Gasteiger partial charge in [-0.25, -0.2) is 0 Å². The molecule has 13 heavy (non-hydrogen) atoms. The van der Waals surface area contributed by atoms with E-state index in [1.807, 2.05) is 13.8 Å². The number of amides is 1. The minimum atomic E-state index is 0.126. The van der Waals surface area contributed by atoms with Crippen LogP contribution >= 0.6 is 0 Å². The van der Waals surface area contributed by atoms with Gasteiger partial charge in [-0.3, -0.25) is 4.79 Å². The summed E-state index contributed by atoms with van der Waals surface area (Å²) in [7, 11) is 0. The molecule has 2 heteroatoms.